The Kier molecular flexibility index (Phi) is 6.40. The topological polar surface area (TPSA) is 79.7 Å². The number of methoxy groups -OCH3 is 1. The maximum absolute atomic E-state index is 13.2. The van der Waals surface area contributed by atoms with Crippen LogP contribution in [0.4, 0.5) is 0 Å². The summed E-state index contributed by atoms with van der Waals surface area (Å²) in [5, 5.41) is 12.0. The molecule has 6 nitrogen and oxygen atoms in total. The lowest BCUT2D eigenvalue weighted by atomic mass is 9.93. The molecule has 0 unspecified atom stereocenters. The molecule has 1 N–H and O–H groups in total. The number of Topliss-reactive ketones (excluding diaryl/α,β-unsaturated/α-hetero) is 1. The Labute approximate surface area is 201 Å². The Morgan fingerprint density at radius 1 is 1.15 bits per heavy atom. The molecule has 1 atom stereocenters. The molecular weight excluding hydrogens is 463 g/mol. The Hall–Kier alpha value is -3.35. The molecule has 2 heterocycles. The van der Waals surface area contributed by atoms with Gasteiger partial charge in [0.15, 0.2) is 0 Å². The van der Waals surface area contributed by atoms with Crippen LogP contribution in [0.2, 0.25) is 10.0 Å². The number of aliphatic hydroxyl groups excluding tert-OH is 1. The summed E-state index contributed by atoms with van der Waals surface area (Å²) in [4.78, 5) is 31.8. The molecule has 3 aromatic rings. The predicted molar refractivity (Wildman–Crippen MR) is 126 cm³/mol. The number of benzene rings is 2. The number of aliphatic hydroxyl groups is 1. The molecule has 8 heteroatoms. The van der Waals surface area contributed by atoms with Crippen molar-refractivity contribution in [3.8, 4) is 5.75 Å². The van der Waals surface area contributed by atoms with Gasteiger partial charge in [-0.15, -0.1) is 0 Å². The van der Waals surface area contributed by atoms with E-state index in [-0.39, 0.29) is 22.9 Å². The second kappa shape index (κ2) is 9.25. The van der Waals surface area contributed by atoms with Crippen molar-refractivity contribution in [2.45, 2.75) is 19.5 Å². The Morgan fingerprint density at radius 3 is 2.58 bits per heavy atom. The van der Waals surface area contributed by atoms with E-state index in [2.05, 4.69) is 4.98 Å². The van der Waals surface area contributed by atoms with Gasteiger partial charge in [0, 0.05) is 34.5 Å². The lowest BCUT2D eigenvalue weighted by Gasteiger charge is -2.26. The van der Waals surface area contributed by atoms with Crippen LogP contribution in [0.15, 0.2) is 66.5 Å². The third kappa shape index (κ3) is 4.32. The number of carbonyl (C=O) groups excluding carboxylic acids is 2. The number of pyridine rings is 1. The van der Waals surface area contributed by atoms with Crippen molar-refractivity contribution in [1.82, 2.24) is 9.88 Å². The van der Waals surface area contributed by atoms with E-state index in [1.807, 2.05) is 0 Å². The fourth-order valence-corrected chi connectivity index (χ4v) is 4.46. The first-order valence-corrected chi connectivity index (χ1v) is 10.8. The first kappa shape index (κ1) is 22.8. The maximum atomic E-state index is 13.2. The van der Waals surface area contributed by atoms with Crippen LogP contribution in [0.5, 0.6) is 5.75 Å². The smallest absolute Gasteiger partial charge is 0.295 e. The highest BCUT2D eigenvalue weighted by molar-refractivity contribution is 6.47. The van der Waals surface area contributed by atoms with Gasteiger partial charge in [0.25, 0.3) is 11.7 Å². The van der Waals surface area contributed by atoms with Crippen LogP contribution >= 0.6 is 23.2 Å². The van der Waals surface area contributed by atoms with E-state index < -0.39 is 17.7 Å². The van der Waals surface area contributed by atoms with Crippen molar-refractivity contribution in [1.29, 1.82) is 0 Å². The number of ketones is 1. The summed E-state index contributed by atoms with van der Waals surface area (Å²) < 4.78 is 5.23. The van der Waals surface area contributed by atoms with Crippen LogP contribution in [0.1, 0.15) is 28.3 Å². The van der Waals surface area contributed by atoms with Gasteiger partial charge in [-0.3, -0.25) is 14.6 Å². The van der Waals surface area contributed by atoms with Crippen molar-refractivity contribution in [3.63, 3.8) is 0 Å². The van der Waals surface area contributed by atoms with Crippen molar-refractivity contribution in [2.75, 3.05) is 7.11 Å². The van der Waals surface area contributed by atoms with Gasteiger partial charge in [-0.25, -0.2) is 0 Å². The standard InChI is InChI=1S/C25H20Cl2N2O4/c1-14-10-17(33-2)6-8-18(14)23(30)21-22(19-7-5-16(26)11-20(19)27)29(25(32)24(21)31)13-15-4-3-9-28-12-15/h3-12,22,30H,13H2,1-2H3/b23-21+/t22-/m0/s1. The zero-order valence-electron chi connectivity index (χ0n) is 17.9. The fourth-order valence-electron chi connectivity index (χ4n) is 3.95. The highest BCUT2D eigenvalue weighted by Crippen LogP contribution is 2.43. The highest BCUT2D eigenvalue weighted by atomic mass is 35.5. The third-order valence-electron chi connectivity index (χ3n) is 5.56. The minimum absolute atomic E-state index is 0.0404. The summed E-state index contributed by atoms with van der Waals surface area (Å²) in [6, 6.07) is 12.5. The van der Waals surface area contributed by atoms with E-state index in [0.717, 1.165) is 5.56 Å². The Balaban J connectivity index is 1.91. The van der Waals surface area contributed by atoms with Crippen LogP contribution in [0.25, 0.3) is 5.76 Å². The van der Waals surface area contributed by atoms with E-state index in [0.29, 0.717) is 27.5 Å². The minimum atomic E-state index is -0.906. The molecular formula is C25H20Cl2N2O4. The summed E-state index contributed by atoms with van der Waals surface area (Å²) in [5.74, 6) is -1.19. The van der Waals surface area contributed by atoms with Crippen LogP contribution in [0, 0.1) is 6.92 Å². The second-order valence-corrected chi connectivity index (χ2v) is 8.48. The number of carbonyl (C=O) groups is 2. The number of aryl methyl sites for hydroxylation is 1. The molecule has 0 spiro atoms. The maximum Gasteiger partial charge on any atom is 0.295 e. The molecule has 1 aliphatic rings. The number of rotatable bonds is 5. The first-order valence-electron chi connectivity index (χ1n) is 10.1. The SMILES string of the molecule is COc1ccc(/C(O)=C2\C(=O)C(=O)N(Cc3cccnc3)[C@H]2c2ccc(Cl)cc2Cl)c(C)c1. The summed E-state index contributed by atoms with van der Waals surface area (Å²) in [6.45, 7) is 1.90. The lowest BCUT2D eigenvalue weighted by Crippen LogP contribution is -2.29. The molecule has 0 bridgehead atoms. The van der Waals surface area contributed by atoms with Crippen LogP contribution in [-0.4, -0.2) is 33.8 Å². The Bertz CT molecular complexity index is 1270. The molecule has 0 aliphatic carbocycles. The van der Waals surface area contributed by atoms with Crippen molar-refractivity contribution >= 4 is 40.7 Å². The van der Waals surface area contributed by atoms with Crippen molar-refractivity contribution < 1.29 is 19.4 Å². The molecule has 0 saturated carbocycles. The number of hydrogen-bond donors (Lipinski definition) is 1. The van der Waals surface area contributed by atoms with Gasteiger partial charge >= 0.3 is 0 Å². The van der Waals surface area contributed by atoms with E-state index in [9.17, 15) is 14.7 Å². The lowest BCUT2D eigenvalue weighted by molar-refractivity contribution is -0.140. The van der Waals surface area contributed by atoms with Gasteiger partial charge in [-0.05, 0) is 60.0 Å². The number of hydrogen-bond acceptors (Lipinski definition) is 5. The summed E-state index contributed by atoms with van der Waals surface area (Å²) >= 11 is 12.6. The quantitative estimate of drug-likeness (QED) is 0.302. The summed E-state index contributed by atoms with van der Waals surface area (Å²) in [5.41, 5.74) is 2.28. The molecule has 1 aromatic heterocycles. The normalized spacial score (nSPS) is 17.5. The number of aromatic nitrogens is 1. The van der Waals surface area contributed by atoms with Gasteiger partial charge in [0.1, 0.15) is 11.5 Å². The van der Waals surface area contributed by atoms with Gasteiger partial charge < -0.3 is 14.7 Å². The zero-order valence-corrected chi connectivity index (χ0v) is 19.4. The monoisotopic (exact) mass is 482 g/mol. The molecule has 1 amide bonds. The summed E-state index contributed by atoms with van der Waals surface area (Å²) in [6.07, 6.45) is 3.24. The first-order chi connectivity index (χ1) is 15.8. The number of ether oxygens (including phenoxy) is 1. The minimum Gasteiger partial charge on any atom is -0.507 e. The largest absolute Gasteiger partial charge is 0.507 e. The molecule has 1 saturated heterocycles. The fraction of sp³-hybridized carbons (Fsp3) is 0.160. The van der Waals surface area contributed by atoms with Crippen LogP contribution < -0.4 is 4.74 Å². The van der Waals surface area contributed by atoms with Gasteiger partial charge in [0.2, 0.25) is 0 Å². The number of nitrogens with zero attached hydrogens (tertiary/aromatic N) is 2. The number of halogens is 2. The molecule has 2 aromatic carbocycles. The third-order valence-corrected chi connectivity index (χ3v) is 6.12. The molecule has 1 aliphatic heterocycles. The van der Waals surface area contributed by atoms with Gasteiger partial charge in [-0.2, -0.15) is 0 Å². The average Bonchev–Trinajstić information content (AvgIpc) is 3.04. The second-order valence-electron chi connectivity index (χ2n) is 7.63. The van der Waals surface area contributed by atoms with Crippen molar-refractivity contribution in [2.24, 2.45) is 0 Å². The van der Waals surface area contributed by atoms with E-state index >= 15 is 0 Å². The highest BCUT2D eigenvalue weighted by Gasteiger charge is 2.46. The Morgan fingerprint density at radius 2 is 1.94 bits per heavy atom. The molecule has 1 fully saturated rings. The van der Waals surface area contributed by atoms with Gasteiger partial charge in [0.05, 0.1) is 18.7 Å². The van der Waals surface area contributed by atoms with Crippen LogP contribution in [0.3, 0.4) is 0 Å². The molecule has 4 rings (SSSR count). The molecule has 33 heavy (non-hydrogen) atoms. The van der Waals surface area contributed by atoms with Crippen LogP contribution in [-0.2, 0) is 16.1 Å². The molecule has 168 valence electrons. The predicted octanol–water partition coefficient (Wildman–Crippen LogP) is 5.33. The van der Waals surface area contributed by atoms with E-state index in [1.54, 1.807) is 75.0 Å². The summed E-state index contributed by atoms with van der Waals surface area (Å²) in [7, 11) is 1.54. The number of amides is 1. The zero-order chi connectivity index (χ0) is 23.7. The number of likely N-dealkylation sites (tertiary alicyclic amines) is 1. The van der Waals surface area contributed by atoms with E-state index in [4.69, 9.17) is 27.9 Å². The van der Waals surface area contributed by atoms with E-state index in [1.165, 1.54) is 4.90 Å². The molecule has 0 radical (unpaired) electrons. The van der Waals surface area contributed by atoms with Gasteiger partial charge in [-0.1, -0.05) is 35.3 Å². The van der Waals surface area contributed by atoms with Crippen molar-refractivity contribution in [3.05, 3.63) is 98.8 Å². The average molecular weight is 483 g/mol.